The summed E-state index contributed by atoms with van der Waals surface area (Å²) in [6.45, 7) is 19.6. The Morgan fingerprint density at radius 3 is 1.95 bits per heavy atom. The monoisotopic (exact) mass is 363 g/mol. The van der Waals surface area contributed by atoms with E-state index >= 15 is 0 Å². The van der Waals surface area contributed by atoms with Crippen molar-refractivity contribution in [3.05, 3.63) is 12.7 Å². The lowest BCUT2D eigenvalue weighted by molar-refractivity contribution is 0.158. The minimum Gasteiger partial charge on any atom is -0.445 e. The number of hydrogen-bond acceptors (Lipinski definition) is 4. The van der Waals surface area contributed by atoms with E-state index in [1.807, 2.05) is 0 Å². The maximum Gasteiger partial charge on any atom is 0.407 e. The second-order valence-electron chi connectivity index (χ2n) is 7.48. The molecule has 0 aliphatic rings. The average molecular weight is 364 g/mol. The van der Waals surface area contributed by atoms with Gasteiger partial charge in [-0.05, 0) is 58.3 Å². The molecule has 130 valence electrons. The molecule has 0 atom stereocenters. The molecule has 0 fully saturated rings. The van der Waals surface area contributed by atoms with Crippen LogP contribution in [0.25, 0.3) is 0 Å². The standard InChI is InChI=1S/C14H33NO4Si3/c1-9-12-17-14(16)15-11-10-13-22(8,18-20(2,3)4)19-21(5,6)7/h9H,1,10-13H2,2-8H3,(H,15,16). The van der Waals surface area contributed by atoms with Gasteiger partial charge in [0, 0.05) is 6.54 Å². The molecule has 0 saturated heterocycles. The van der Waals surface area contributed by atoms with Crippen LogP contribution in [0.4, 0.5) is 4.79 Å². The molecule has 5 nitrogen and oxygen atoms in total. The van der Waals surface area contributed by atoms with Gasteiger partial charge in [-0.25, -0.2) is 4.79 Å². The van der Waals surface area contributed by atoms with Crippen molar-refractivity contribution in [3.8, 4) is 0 Å². The highest BCUT2D eigenvalue weighted by atomic mass is 28.5. The minimum absolute atomic E-state index is 0.232. The molecule has 0 radical (unpaired) electrons. The lowest BCUT2D eigenvalue weighted by Gasteiger charge is -2.38. The quantitative estimate of drug-likeness (QED) is 0.361. The van der Waals surface area contributed by atoms with E-state index in [9.17, 15) is 4.79 Å². The number of alkyl carbamates (subject to hydrolysis) is 1. The lowest BCUT2D eigenvalue weighted by atomic mass is 10.5. The first-order valence-electron chi connectivity index (χ1n) is 7.79. The van der Waals surface area contributed by atoms with Crippen LogP contribution < -0.4 is 5.32 Å². The van der Waals surface area contributed by atoms with Crippen LogP contribution in [0.2, 0.25) is 51.9 Å². The summed E-state index contributed by atoms with van der Waals surface area (Å²) >= 11 is 0. The van der Waals surface area contributed by atoms with E-state index in [4.69, 9.17) is 13.0 Å². The molecule has 0 unspecified atom stereocenters. The van der Waals surface area contributed by atoms with Gasteiger partial charge in [0.2, 0.25) is 0 Å². The van der Waals surface area contributed by atoms with Gasteiger partial charge in [0.15, 0.2) is 16.6 Å². The van der Waals surface area contributed by atoms with Crippen molar-refractivity contribution in [3.63, 3.8) is 0 Å². The van der Waals surface area contributed by atoms with Crippen molar-refractivity contribution in [2.75, 3.05) is 13.2 Å². The summed E-state index contributed by atoms with van der Waals surface area (Å²) in [5.41, 5.74) is 0. The van der Waals surface area contributed by atoms with Crippen LogP contribution in [0.15, 0.2) is 12.7 Å². The predicted molar refractivity (Wildman–Crippen MR) is 99.5 cm³/mol. The zero-order valence-corrected chi connectivity index (χ0v) is 18.2. The third-order valence-corrected chi connectivity index (χ3v) is 12.1. The molecule has 0 spiro atoms. The molecule has 0 rings (SSSR count). The fraction of sp³-hybridized carbons (Fsp3) is 0.786. The fourth-order valence-electron chi connectivity index (χ4n) is 2.20. The van der Waals surface area contributed by atoms with Gasteiger partial charge in [-0.2, -0.15) is 0 Å². The molecule has 0 aliphatic carbocycles. The molecule has 0 aliphatic heterocycles. The van der Waals surface area contributed by atoms with Crippen molar-refractivity contribution in [1.29, 1.82) is 0 Å². The van der Waals surface area contributed by atoms with Crippen molar-refractivity contribution in [2.45, 2.75) is 58.3 Å². The SMILES string of the molecule is C=CCOC(=O)NCCC[Si](C)(O[Si](C)(C)C)O[Si](C)(C)C. The Kier molecular flexibility index (Phi) is 8.85. The number of rotatable bonds is 10. The van der Waals surface area contributed by atoms with Crippen molar-refractivity contribution >= 4 is 31.3 Å². The molecule has 22 heavy (non-hydrogen) atoms. The Balaban J connectivity index is 4.41. The predicted octanol–water partition coefficient (Wildman–Crippen LogP) is 4.06. The maximum absolute atomic E-state index is 11.4. The summed E-state index contributed by atoms with van der Waals surface area (Å²) in [7, 11) is -5.51. The molecule has 1 amide bonds. The Bertz CT molecular complexity index is 348. The highest BCUT2D eigenvalue weighted by Gasteiger charge is 2.39. The van der Waals surface area contributed by atoms with Crippen LogP contribution in [0.3, 0.4) is 0 Å². The summed E-state index contributed by atoms with van der Waals surface area (Å²) in [4.78, 5) is 11.4. The number of hydrogen-bond donors (Lipinski definition) is 1. The van der Waals surface area contributed by atoms with E-state index in [0.717, 1.165) is 12.5 Å². The third-order valence-electron chi connectivity index (χ3n) is 2.45. The maximum atomic E-state index is 11.4. The van der Waals surface area contributed by atoms with Crippen LogP contribution in [0.5, 0.6) is 0 Å². The molecule has 1 N–H and O–H groups in total. The van der Waals surface area contributed by atoms with E-state index in [-0.39, 0.29) is 6.61 Å². The average Bonchev–Trinajstić information content (AvgIpc) is 2.27. The normalized spacial score (nSPS) is 12.9. The first kappa shape index (κ1) is 21.6. The molecule has 0 aromatic heterocycles. The van der Waals surface area contributed by atoms with Crippen LogP contribution in [-0.4, -0.2) is 44.4 Å². The summed E-state index contributed by atoms with van der Waals surface area (Å²) in [6.07, 6.45) is 1.98. The molecule has 0 saturated carbocycles. The number of carbonyl (C=O) groups is 1. The van der Waals surface area contributed by atoms with Gasteiger partial charge in [-0.3, -0.25) is 0 Å². The van der Waals surface area contributed by atoms with E-state index in [2.05, 4.69) is 57.7 Å². The lowest BCUT2D eigenvalue weighted by Crippen LogP contribution is -2.52. The molecule has 8 heteroatoms. The highest BCUT2D eigenvalue weighted by Crippen LogP contribution is 2.25. The van der Waals surface area contributed by atoms with Crippen molar-refractivity contribution in [2.24, 2.45) is 0 Å². The van der Waals surface area contributed by atoms with Gasteiger partial charge < -0.3 is 18.3 Å². The van der Waals surface area contributed by atoms with Gasteiger partial charge in [-0.15, -0.1) is 0 Å². The zero-order chi connectivity index (χ0) is 17.4. The Labute approximate surface area is 138 Å². The van der Waals surface area contributed by atoms with E-state index in [0.29, 0.717) is 6.54 Å². The summed E-state index contributed by atoms with van der Waals surface area (Å²) in [6, 6.07) is 0.878. The van der Waals surface area contributed by atoms with E-state index < -0.39 is 31.3 Å². The molecular weight excluding hydrogens is 330 g/mol. The topological polar surface area (TPSA) is 56.8 Å². The first-order valence-corrected chi connectivity index (χ1v) is 17.1. The van der Waals surface area contributed by atoms with Crippen LogP contribution >= 0.6 is 0 Å². The smallest absolute Gasteiger partial charge is 0.407 e. The van der Waals surface area contributed by atoms with Crippen molar-refractivity contribution < 1.29 is 17.8 Å². The summed E-state index contributed by atoms with van der Waals surface area (Å²) in [5, 5.41) is 2.74. The van der Waals surface area contributed by atoms with E-state index in [1.165, 1.54) is 0 Å². The number of carbonyl (C=O) groups excluding carboxylic acids is 1. The largest absolute Gasteiger partial charge is 0.445 e. The second-order valence-corrected chi connectivity index (χ2v) is 20.3. The van der Waals surface area contributed by atoms with Gasteiger partial charge in [0.25, 0.3) is 0 Å². The van der Waals surface area contributed by atoms with Crippen molar-refractivity contribution in [1.82, 2.24) is 5.32 Å². The zero-order valence-electron chi connectivity index (χ0n) is 15.2. The Hall–Kier alpha value is -0.419. The molecule has 0 aromatic rings. The van der Waals surface area contributed by atoms with Crippen LogP contribution in [0, 0.1) is 0 Å². The Morgan fingerprint density at radius 2 is 1.55 bits per heavy atom. The van der Waals surface area contributed by atoms with Gasteiger partial charge >= 0.3 is 14.7 Å². The number of amides is 1. The third kappa shape index (κ3) is 12.2. The van der Waals surface area contributed by atoms with Gasteiger partial charge in [0.1, 0.15) is 6.61 Å². The van der Waals surface area contributed by atoms with Crippen LogP contribution in [0.1, 0.15) is 6.42 Å². The minimum atomic E-state index is -2.20. The van der Waals surface area contributed by atoms with Gasteiger partial charge in [0.05, 0.1) is 0 Å². The summed E-state index contributed by atoms with van der Waals surface area (Å²) in [5.74, 6) is 0. The second kappa shape index (κ2) is 9.02. The number of nitrogens with one attached hydrogen (secondary N) is 1. The molecule has 0 aromatic carbocycles. The first-order chi connectivity index (χ1) is 9.87. The fourth-order valence-corrected chi connectivity index (χ4v) is 14.7. The van der Waals surface area contributed by atoms with Crippen LogP contribution in [-0.2, 0) is 13.0 Å². The highest BCUT2D eigenvalue weighted by molar-refractivity contribution is 6.87. The Morgan fingerprint density at radius 1 is 1.05 bits per heavy atom. The number of ether oxygens (including phenoxy) is 1. The molecule has 0 bridgehead atoms. The van der Waals surface area contributed by atoms with Gasteiger partial charge in [-0.1, -0.05) is 12.7 Å². The molecular formula is C14H33NO4Si3. The molecule has 0 heterocycles. The summed E-state index contributed by atoms with van der Waals surface area (Å²) < 4.78 is 17.7. The van der Waals surface area contributed by atoms with E-state index in [1.54, 1.807) is 6.08 Å².